The van der Waals surface area contributed by atoms with Crippen LogP contribution in [0.5, 0.6) is 0 Å². The highest BCUT2D eigenvalue weighted by Gasteiger charge is 2.44. The molecule has 0 spiro atoms. The maximum Gasteiger partial charge on any atom is 0.0690 e. The minimum Gasteiger partial charge on any atom is -0.390 e. The van der Waals surface area contributed by atoms with Crippen LogP contribution in [0, 0.1) is 5.92 Å². The fourth-order valence-electron chi connectivity index (χ4n) is 3.31. The zero-order chi connectivity index (χ0) is 9.31. The summed E-state index contributed by atoms with van der Waals surface area (Å²) in [4.78, 5) is 0. The summed E-state index contributed by atoms with van der Waals surface area (Å²) in [6.07, 6.45) is 8.29. The number of rotatable bonds is 2. The summed E-state index contributed by atoms with van der Waals surface area (Å²) < 4.78 is 0. The lowest BCUT2D eigenvalue weighted by molar-refractivity contribution is -0.0189. The van der Waals surface area contributed by atoms with E-state index in [1.165, 1.54) is 32.1 Å². The van der Waals surface area contributed by atoms with Gasteiger partial charge in [0, 0.05) is 12.0 Å². The molecular weight excluding hydrogens is 162 g/mol. The smallest absolute Gasteiger partial charge is 0.0690 e. The van der Waals surface area contributed by atoms with Crippen molar-refractivity contribution in [2.45, 2.75) is 56.6 Å². The van der Waals surface area contributed by atoms with Gasteiger partial charge in [0.2, 0.25) is 0 Å². The van der Waals surface area contributed by atoms with Crippen molar-refractivity contribution >= 4 is 0 Å². The van der Waals surface area contributed by atoms with E-state index in [1.807, 2.05) is 7.05 Å². The average molecular weight is 183 g/mol. The van der Waals surface area contributed by atoms with Crippen molar-refractivity contribution in [1.29, 1.82) is 0 Å². The van der Waals surface area contributed by atoms with Crippen LogP contribution in [0.15, 0.2) is 0 Å². The third-order valence-electron chi connectivity index (χ3n) is 4.05. The van der Waals surface area contributed by atoms with Crippen LogP contribution in [-0.2, 0) is 0 Å². The molecule has 2 aliphatic rings. The largest absolute Gasteiger partial charge is 0.390 e. The third kappa shape index (κ3) is 1.62. The van der Waals surface area contributed by atoms with E-state index in [0.29, 0.717) is 12.0 Å². The van der Waals surface area contributed by atoms with Gasteiger partial charge in [-0.1, -0.05) is 19.3 Å². The number of nitrogens with one attached hydrogen (secondary N) is 1. The van der Waals surface area contributed by atoms with E-state index in [9.17, 15) is 5.11 Å². The molecule has 2 nitrogen and oxygen atoms in total. The molecule has 2 saturated carbocycles. The van der Waals surface area contributed by atoms with Crippen molar-refractivity contribution in [3.8, 4) is 0 Å². The second kappa shape index (κ2) is 3.58. The summed E-state index contributed by atoms with van der Waals surface area (Å²) in [7, 11) is 2.03. The maximum absolute atomic E-state index is 10.5. The maximum atomic E-state index is 10.5. The summed E-state index contributed by atoms with van der Waals surface area (Å²) in [6, 6.07) is 0.572. The summed E-state index contributed by atoms with van der Waals surface area (Å²) >= 11 is 0. The van der Waals surface area contributed by atoms with Gasteiger partial charge < -0.3 is 10.4 Å². The van der Waals surface area contributed by atoms with Gasteiger partial charge in [-0.3, -0.25) is 0 Å². The molecule has 0 aromatic carbocycles. The molecule has 0 radical (unpaired) electrons. The van der Waals surface area contributed by atoms with E-state index in [0.717, 1.165) is 12.8 Å². The molecule has 2 atom stereocenters. The standard InChI is InChI=1S/C11H21NO/c1-12-10-6-4-5-9(10)11(13)7-2-3-8-11/h9-10,12-13H,2-8H2,1H3/t9-,10+/m1/s1. The molecule has 13 heavy (non-hydrogen) atoms. The summed E-state index contributed by atoms with van der Waals surface area (Å²) in [5.41, 5.74) is -0.315. The number of aliphatic hydroxyl groups is 1. The monoisotopic (exact) mass is 183 g/mol. The lowest BCUT2D eigenvalue weighted by Gasteiger charge is -2.33. The lowest BCUT2D eigenvalue weighted by Crippen LogP contribution is -2.44. The summed E-state index contributed by atoms with van der Waals surface area (Å²) in [5.74, 6) is 0.528. The van der Waals surface area contributed by atoms with Gasteiger partial charge in [0.25, 0.3) is 0 Å². The van der Waals surface area contributed by atoms with Gasteiger partial charge in [0.1, 0.15) is 0 Å². The molecular formula is C11H21NO. The first-order valence-electron chi connectivity index (χ1n) is 5.66. The second-order valence-electron chi connectivity index (χ2n) is 4.74. The molecule has 2 N–H and O–H groups in total. The fourth-order valence-corrected chi connectivity index (χ4v) is 3.31. The van der Waals surface area contributed by atoms with Crippen LogP contribution in [0.4, 0.5) is 0 Å². The van der Waals surface area contributed by atoms with E-state index < -0.39 is 0 Å². The Morgan fingerprint density at radius 3 is 2.46 bits per heavy atom. The summed E-state index contributed by atoms with van der Waals surface area (Å²) in [6.45, 7) is 0. The minimum absolute atomic E-state index is 0.315. The molecule has 2 heteroatoms. The van der Waals surface area contributed by atoms with Gasteiger partial charge in [-0.25, -0.2) is 0 Å². The molecule has 2 aliphatic carbocycles. The zero-order valence-electron chi connectivity index (χ0n) is 8.55. The Bertz CT molecular complexity index is 175. The van der Waals surface area contributed by atoms with Gasteiger partial charge in [-0.2, -0.15) is 0 Å². The van der Waals surface area contributed by atoms with Crippen molar-refractivity contribution in [3.63, 3.8) is 0 Å². The summed E-state index contributed by atoms with van der Waals surface area (Å²) in [5, 5.41) is 13.8. The molecule has 76 valence electrons. The predicted octanol–water partition coefficient (Wildman–Crippen LogP) is 1.68. The normalized spacial score (nSPS) is 38.3. The van der Waals surface area contributed by atoms with Crippen LogP contribution < -0.4 is 5.32 Å². The number of hydrogen-bond donors (Lipinski definition) is 2. The van der Waals surface area contributed by atoms with Crippen LogP contribution in [0.3, 0.4) is 0 Å². The highest BCUT2D eigenvalue weighted by Crippen LogP contribution is 2.43. The Hall–Kier alpha value is -0.0800. The van der Waals surface area contributed by atoms with E-state index >= 15 is 0 Å². The number of hydrogen-bond acceptors (Lipinski definition) is 2. The van der Waals surface area contributed by atoms with Gasteiger partial charge in [-0.15, -0.1) is 0 Å². The highest BCUT2D eigenvalue weighted by atomic mass is 16.3. The Labute approximate surface area is 80.7 Å². The van der Waals surface area contributed by atoms with Crippen LogP contribution in [-0.4, -0.2) is 23.8 Å². The molecule has 0 bridgehead atoms. The average Bonchev–Trinajstić information content (AvgIpc) is 2.72. The van der Waals surface area contributed by atoms with E-state index in [-0.39, 0.29) is 5.60 Å². The van der Waals surface area contributed by atoms with Crippen molar-refractivity contribution < 1.29 is 5.11 Å². The Morgan fingerprint density at radius 1 is 1.15 bits per heavy atom. The molecule has 2 rings (SSSR count). The van der Waals surface area contributed by atoms with E-state index in [2.05, 4.69) is 5.32 Å². The van der Waals surface area contributed by atoms with E-state index in [1.54, 1.807) is 0 Å². The van der Waals surface area contributed by atoms with Crippen molar-refractivity contribution in [2.75, 3.05) is 7.05 Å². The van der Waals surface area contributed by atoms with Crippen LogP contribution in [0.1, 0.15) is 44.9 Å². The fraction of sp³-hybridized carbons (Fsp3) is 1.00. The van der Waals surface area contributed by atoms with Crippen LogP contribution >= 0.6 is 0 Å². The van der Waals surface area contributed by atoms with Gasteiger partial charge in [0.05, 0.1) is 5.60 Å². The molecule has 0 aliphatic heterocycles. The molecule has 0 unspecified atom stereocenters. The van der Waals surface area contributed by atoms with Crippen LogP contribution in [0.25, 0.3) is 0 Å². The van der Waals surface area contributed by atoms with Crippen molar-refractivity contribution in [3.05, 3.63) is 0 Å². The lowest BCUT2D eigenvalue weighted by atomic mass is 9.82. The predicted molar refractivity (Wildman–Crippen MR) is 53.6 cm³/mol. The zero-order valence-corrected chi connectivity index (χ0v) is 8.55. The highest BCUT2D eigenvalue weighted by molar-refractivity contribution is 4.98. The van der Waals surface area contributed by atoms with Crippen molar-refractivity contribution in [2.24, 2.45) is 5.92 Å². The Balaban J connectivity index is 2.05. The van der Waals surface area contributed by atoms with Gasteiger partial charge in [-0.05, 0) is 32.7 Å². The Kier molecular flexibility index (Phi) is 2.61. The topological polar surface area (TPSA) is 32.3 Å². The van der Waals surface area contributed by atoms with E-state index in [4.69, 9.17) is 0 Å². The molecule has 0 heterocycles. The molecule has 0 saturated heterocycles. The molecule has 0 amide bonds. The first kappa shape index (κ1) is 9.47. The van der Waals surface area contributed by atoms with Gasteiger partial charge >= 0.3 is 0 Å². The SMILES string of the molecule is CN[C@H]1CCC[C@H]1C1(O)CCCC1. The van der Waals surface area contributed by atoms with Crippen LogP contribution in [0.2, 0.25) is 0 Å². The first-order valence-corrected chi connectivity index (χ1v) is 5.66. The van der Waals surface area contributed by atoms with Crippen molar-refractivity contribution in [1.82, 2.24) is 5.32 Å². The quantitative estimate of drug-likeness (QED) is 0.682. The molecule has 0 aromatic heterocycles. The van der Waals surface area contributed by atoms with Gasteiger partial charge in [0.15, 0.2) is 0 Å². The third-order valence-corrected chi connectivity index (χ3v) is 4.05. The minimum atomic E-state index is -0.315. The molecule has 2 fully saturated rings. The first-order chi connectivity index (χ1) is 6.26. The Morgan fingerprint density at radius 2 is 1.85 bits per heavy atom. The second-order valence-corrected chi connectivity index (χ2v) is 4.74. The molecule has 0 aromatic rings.